The summed E-state index contributed by atoms with van der Waals surface area (Å²) in [6.07, 6.45) is 0.778. The second-order valence-electron chi connectivity index (χ2n) is 16.7. The molecule has 2 N–H and O–H groups in total. The van der Waals surface area contributed by atoms with Crippen LogP contribution in [0.25, 0.3) is 21.5 Å². The van der Waals surface area contributed by atoms with Crippen molar-refractivity contribution in [2.24, 2.45) is 34.8 Å². The molecule has 0 radical (unpaired) electrons. The highest BCUT2D eigenvalue weighted by Crippen LogP contribution is 2.44. The van der Waals surface area contributed by atoms with Crippen molar-refractivity contribution in [1.29, 1.82) is 0 Å². The molecule has 16 heteroatoms. The van der Waals surface area contributed by atoms with Crippen LogP contribution < -0.4 is 10.8 Å². The minimum absolute atomic E-state index is 0.0673. The van der Waals surface area contributed by atoms with Crippen molar-refractivity contribution < 1.29 is 36.0 Å². The molecule has 0 spiro atoms. The summed E-state index contributed by atoms with van der Waals surface area (Å²) in [5, 5.41) is 6.63. The molecule has 5 atom stereocenters. The van der Waals surface area contributed by atoms with Gasteiger partial charge in [0.1, 0.15) is 17.3 Å². The van der Waals surface area contributed by atoms with Crippen molar-refractivity contribution in [3.8, 4) is 0 Å². The lowest BCUT2D eigenvalue weighted by Crippen LogP contribution is -2.47. The number of anilines is 1. The lowest BCUT2D eigenvalue weighted by Gasteiger charge is -2.34. The van der Waals surface area contributed by atoms with E-state index in [1.165, 1.54) is 45.0 Å². The van der Waals surface area contributed by atoms with Gasteiger partial charge in [-0.3, -0.25) is 0 Å². The number of amides is 1. The molecule has 2 fully saturated rings. The second kappa shape index (κ2) is 15.7. The Bertz CT molecular complexity index is 2010. The zero-order valence-electron chi connectivity index (χ0n) is 32.5. The van der Waals surface area contributed by atoms with Gasteiger partial charge in [0.15, 0.2) is 0 Å². The van der Waals surface area contributed by atoms with E-state index < -0.39 is 43.8 Å². The third kappa shape index (κ3) is 8.82. The number of carbonyl (C=O) groups excluding carboxylic acids is 2. The highest BCUT2D eigenvalue weighted by Gasteiger charge is 2.35. The summed E-state index contributed by atoms with van der Waals surface area (Å²) < 4.78 is 64.4. The number of rotatable bonds is 10. The Balaban J connectivity index is 1.62. The summed E-state index contributed by atoms with van der Waals surface area (Å²) in [4.78, 5) is 44.1. The average molecular weight is 788 g/mol. The van der Waals surface area contributed by atoms with Crippen molar-refractivity contribution in [2.75, 3.05) is 31.7 Å². The van der Waals surface area contributed by atoms with Crippen molar-refractivity contribution in [2.45, 2.75) is 96.6 Å². The standard InChI is InChI=1S/C38H53N5O9S2/c1-22(2)33(36(44)51-38(7,8)9)39-37(45)52-41-35-29-12-10-27(53(47,48)42-18-23(3)14-24(4)19-42)16-31(29)34(40-46)32-17-28(11-13-30(32)35)54(49,50)43-20-25(5)15-26(6)21-43/h10-13,16-17,22-26,33,41H,14-15,18-21H2,1-9H3,(H,39,45)/t23-,24+,25-,26+,33?. The lowest BCUT2D eigenvalue weighted by atomic mass is 9.94. The van der Waals surface area contributed by atoms with Crippen LogP contribution in [-0.4, -0.2) is 75.3 Å². The molecule has 296 valence electrons. The van der Waals surface area contributed by atoms with Gasteiger partial charge >= 0.3 is 12.1 Å². The topological polar surface area (TPSA) is 181 Å². The Kier molecular flexibility index (Phi) is 12.0. The van der Waals surface area contributed by atoms with Crippen LogP contribution in [0.5, 0.6) is 0 Å². The summed E-state index contributed by atoms with van der Waals surface area (Å²) in [5.41, 5.74) is 1.83. The van der Waals surface area contributed by atoms with Crippen LogP contribution in [0.4, 0.5) is 16.2 Å². The fourth-order valence-corrected chi connectivity index (χ4v) is 11.1. The Hall–Kier alpha value is -3.86. The maximum atomic E-state index is 14.0. The van der Waals surface area contributed by atoms with E-state index in [0.717, 1.165) is 12.8 Å². The molecule has 2 aliphatic heterocycles. The van der Waals surface area contributed by atoms with E-state index >= 15 is 0 Å². The number of sulfonamides is 2. The van der Waals surface area contributed by atoms with E-state index in [1.807, 2.05) is 27.7 Å². The molecule has 0 aliphatic carbocycles. The molecule has 3 aromatic rings. The molecule has 2 saturated heterocycles. The van der Waals surface area contributed by atoms with Gasteiger partial charge < -0.3 is 14.9 Å². The van der Waals surface area contributed by atoms with E-state index in [2.05, 4.69) is 16.0 Å². The predicted molar refractivity (Wildman–Crippen MR) is 208 cm³/mol. The Morgan fingerprint density at radius 2 is 1.19 bits per heavy atom. The highest BCUT2D eigenvalue weighted by atomic mass is 32.2. The summed E-state index contributed by atoms with van der Waals surface area (Å²) in [6.45, 7) is 18.0. The first-order valence-electron chi connectivity index (χ1n) is 18.5. The van der Waals surface area contributed by atoms with E-state index in [4.69, 9.17) is 9.57 Å². The quantitative estimate of drug-likeness (QED) is 0.0928. The van der Waals surface area contributed by atoms with Gasteiger partial charge in [-0.1, -0.05) is 53.7 Å². The fraction of sp³-hybridized carbons (Fsp3) is 0.579. The number of esters is 1. The van der Waals surface area contributed by atoms with E-state index in [1.54, 1.807) is 34.6 Å². The predicted octanol–water partition coefficient (Wildman–Crippen LogP) is 7.14. The number of nitroso groups, excluding NO2 is 1. The molecule has 0 bridgehead atoms. The highest BCUT2D eigenvalue weighted by molar-refractivity contribution is 7.89. The molecule has 5 rings (SSSR count). The first-order chi connectivity index (χ1) is 25.1. The third-order valence-electron chi connectivity index (χ3n) is 9.92. The number of piperidine rings is 2. The number of benzene rings is 3. The van der Waals surface area contributed by atoms with Crippen LogP contribution in [0.15, 0.2) is 51.4 Å². The molecule has 54 heavy (non-hydrogen) atoms. The number of ether oxygens (including phenoxy) is 1. The minimum atomic E-state index is -4.01. The van der Waals surface area contributed by atoms with Gasteiger partial charge in [-0.25, -0.2) is 31.9 Å². The Morgan fingerprint density at radius 3 is 1.56 bits per heavy atom. The SMILES string of the molecule is CC(C)C(NC(=O)ONc1c2ccc(S(=O)(=O)N3C[C@H](C)C[C@H](C)C3)cc2c(N=O)c2cc(S(=O)(=O)N3C[C@H](C)C[C@H](C)C3)ccc12)C(=O)OC(C)(C)C. The van der Waals surface area contributed by atoms with Gasteiger partial charge in [-0.05, 0) is 92.6 Å². The Labute approximate surface area is 318 Å². The molecule has 1 unspecified atom stereocenters. The largest absolute Gasteiger partial charge is 0.458 e. The van der Waals surface area contributed by atoms with Crippen molar-refractivity contribution in [3.05, 3.63) is 41.3 Å². The minimum Gasteiger partial charge on any atom is -0.458 e. The smallest absolute Gasteiger partial charge is 0.432 e. The fourth-order valence-electron chi connectivity index (χ4n) is 7.71. The number of nitrogens with one attached hydrogen (secondary N) is 2. The van der Waals surface area contributed by atoms with Crippen LogP contribution in [0.2, 0.25) is 0 Å². The molecule has 1 amide bonds. The zero-order valence-corrected chi connectivity index (χ0v) is 34.1. The normalized spacial score (nSPS) is 22.6. The van der Waals surface area contributed by atoms with Gasteiger partial charge in [-0.2, -0.15) is 8.61 Å². The first-order valence-corrected chi connectivity index (χ1v) is 21.3. The Morgan fingerprint density at radius 1 is 0.759 bits per heavy atom. The van der Waals surface area contributed by atoms with Crippen LogP contribution >= 0.6 is 0 Å². The average Bonchev–Trinajstić information content (AvgIpc) is 3.06. The van der Waals surface area contributed by atoms with Gasteiger partial charge in [0.2, 0.25) is 20.0 Å². The monoisotopic (exact) mass is 787 g/mol. The maximum Gasteiger partial charge on any atom is 0.432 e. The molecule has 2 heterocycles. The molecule has 3 aromatic carbocycles. The van der Waals surface area contributed by atoms with Crippen LogP contribution in [0.1, 0.15) is 75.2 Å². The summed E-state index contributed by atoms with van der Waals surface area (Å²) in [5.74, 6) is -0.409. The first kappa shape index (κ1) is 41.3. The number of fused-ring (bicyclic) bond motifs is 2. The zero-order chi connectivity index (χ0) is 39.9. The van der Waals surface area contributed by atoms with Gasteiger partial charge in [0, 0.05) is 47.7 Å². The number of nitrogens with zero attached hydrogens (tertiary/aromatic N) is 3. The third-order valence-corrected chi connectivity index (χ3v) is 13.6. The lowest BCUT2D eigenvalue weighted by molar-refractivity contribution is -0.158. The van der Waals surface area contributed by atoms with E-state index in [9.17, 15) is 31.3 Å². The summed E-state index contributed by atoms with van der Waals surface area (Å²) in [6, 6.07) is 7.48. The van der Waals surface area contributed by atoms with Crippen molar-refractivity contribution in [3.63, 3.8) is 0 Å². The van der Waals surface area contributed by atoms with Crippen molar-refractivity contribution >= 4 is 65.0 Å². The van der Waals surface area contributed by atoms with E-state index in [-0.39, 0.29) is 72.3 Å². The molecule has 0 aromatic heterocycles. The number of hydrogen-bond donors (Lipinski definition) is 2. The number of hydrogen-bond acceptors (Lipinski definition) is 11. The van der Waals surface area contributed by atoms with E-state index in [0.29, 0.717) is 26.2 Å². The number of carbonyl (C=O) groups is 2. The molecule has 14 nitrogen and oxygen atoms in total. The van der Waals surface area contributed by atoms with Crippen molar-refractivity contribution in [1.82, 2.24) is 13.9 Å². The van der Waals surface area contributed by atoms with Crippen LogP contribution in [0, 0.1) is 34.5 Å². The van der Waals surface area contributed by atoms with Crippen LogP contribution in [0.3, 0.4) is 0 Å². The van der Waals surface area contributed by atoms with Gasteiger partial charge in [0.25, 0.3) is 0 Å². The van der Waals surface area contributed by atoms with Gasteiger partial charge in [0.05, 0.1) is 15.5 Å². The summed E-state index contributed by atoms with van der Waals surface area (Å²) >= 11 is 0. The molecular weight excluding hydrogens is 735 g/mol. The second-order valence-corrected chi connectivity index (χ2v) is 20.5. The van der Waals surface area contributed by atoms with Gasteiger partial charge in [-0.15, -0.1) is 4.91 Å². The molecule has 0 saturated carbocycles. The maximum absolute atomic E-state index is 14.0. The summed E-state index contributed by atoms with van der Waals surface area (Å²) in [7, 11) is -8.02. The molecular formula is C38H53N5O9S2. The molecule has 2 aliphatic rings. The van der Waals surface area contributed by atoms with Crippen LogP contribution in [-0.2, 0) is 34.4 Å².